The maximum Gasteiger partial charge on any atom is 0.227 e. The Hall–Kier alpha value is -1.58. The summed E-state index contributed by atoms with van der Waals surface area (Å²) in [4.78, 5) is 23.8. The number of unbranched alkanes of at least 4 members (excludes halogenated alkanes) is 3. The maximum absolute atomic E-state index is 12.1. The van der Waals surface area contributed by atoms with Gasteiger partial charge in [-0.15, -0.1) is 0 Å². The van der Waals surface area contributed by atoms with Crippen molar-refractivity contribution in [1.82, 2.24) is 0 Å². The third-order valence-corrected chi connectivity index (χ3v) is 2.96. The number of hydrogen-bond acceptors (Lipinski definition) is 4. The minimum absolute atomic E-state index is 0.103. The lowest BCUT2D eigenvalue weighted by Crippen LogP contribution is -2.21. The third kappa shape index (κ3) is 3.22. The molecular formula is C14H20O4. The lowest BCUT2D eigenvalue weighted by atomic mass is 9.95. The summed E-state index contributed by atoms with van der Waals surface area (Å²) in [5.41, 5.74) is 0.443. The van der Waals surface area contributed by atoms with Crippen molar-refractivity contribution in [2.75, 3.05) is 14.2 Å². The molecule has 0 N–H and O–H groups in total. The average Bonchev–Trinajstić information content (AvgIpc) is 2.37. The molecule has 0 unspecified atom stereocenters. The predicted molar refractivity (Wildman–Crippen MR) is 67.9 cm³/mol. The van der Waals surface area contributed by atoms with Crippen LogP contribution in [0.3, 0.4) is 0 Å². The Balaban J connectivity index is 2.81. The van der Waals surface area contributed by atoms with Crippen LogP contribution in [0.2, 0.25) is 0 Å². The van der Waals surface area contributed by atoms with Crippen LogP contribution in [0.1, 0.15) is 39.0 Å². The monoisotopic (exact) mass is 252 g/mol. The van der Waals surface area contributed by atoms with Crippen molar-refractivity contribution in [3.05, 3.63) is 23.2 Å². The SMILES string of the molecule is CCCCCCC1=C(OC)C(=O)C=C(OC)C1=O. The number of Topliss-reactive ketones (excluding diaryl/α,β-unsaturated/α-hetero) is 1. The van der Waals surface area contributed by atoms with Crippen molar-refractivity contribution in [1.29, 1.82) is 0 Å². The van der Waals surface area contributed by atoms with Gasteiger partial charge in [0.25, 0.3) is 0 Å². The van der Waals surface area contributed by atoms with Gasteiger partial charge in [0.2, 0.25) is 11.6 Å². The second-order valence-electron chi connectivity index (χ2n) is 4.23. The number of methoxy groups -OCH3 is 2. The lowest BCUT2D eigenvalue weighted by molar-refractivity contribution is -0.120. The van der Waals surface area contributed by atoms with Gasteiger partial charge in [-0.1, -0.05) is 26.2 Å². The molecule has 1 aliphatic carbocycles. The van der Waals surface area contributed by atoms with E-state index in [4.69, 9.17) is 9.47 Å². The van der Waals surface area contributed by atoms with Crippen molar-refractivity contribution in [2.45, 2.75) is 39.0 Å². The van der Waals surface area contributed by atoms with Crippen molar-refractivity contribution < 1.29 is 19.1 Å². The first-order valence-electron chi connectivity index (χ1n) is 6.27. The molecule has 0 atom stereocenters. The molecule has 0 radical (unpaired) electrons. The van der Waals surface area contributed by atoms with Crippen LogP contribution in [0.5, 0.6) is 0 Å². The number of rotatable bonds is 7. The Morgan fingerprint density at radius 2 is 1.78 bits per heavy atom. The zero-order chi connectivity index (χ0) is 13.5. The molecule has 0 spiro atoms. The summed E-state index contributed by atoms with van der Waals surface area (Å²) in [7, 11) is 2.81. The predicted octanol–water partition coefficient (Wildman–Crippen LogP) is 2.54. The summed E-state index contributed by atoms with van der Waals surface area (Å²) in [6, 6.07) is 0. The second-order valence-corrected chi connectivity index (χ2v) is 4.23. The van der Waals surface area contributed by atoms with Gasteiger partial charge in [-0.05, 0) is 12.8 Å². The molecule has 0 saturated carbocycles. The van der Waals surface area contributed by atoms with Gasteiger partial charge in [0.05, 0.1) is 14.2 Å². The van der Waals surface area contributed by atoms with Crippen LogP contribution in [-0.4, -0.2) is 25.8 Å². The van der Waals surface area contributed by atoms with E-state index in [1.165, 1.54) is 20.3 Å². The first kappa shape index (κ1) is 14.5. The van der Waals surface area contributed by atoms with E-state index in [0.29, 0.717) is 12.0 Å². The van der Waals surface area contributed by atoms with E-state index in [9.17, 15) is 9.59 Å². The van der Waals surface area contributed by atoms with Crippen molar-refractivity contribution in [3.8, 4) is 0 Å². The molecule has 1 rings (SSSR count). The quantitative estimate of drug-likeness (QED) is 0.516. The minimum Gasteiger partial charge on any atom is -0.493 e. The maximum atomic E-state index is 12.1. The van der Waals surface area contributed by atoms with Gasteiger partial charge >= 0.3 is 0 Å². The Kier molecular flexibility index (Phi) is 5.62. The Morgan fingerprint density at radius 1 is 1.06 bits per heavy atom. The van der Waals surface area contributed by atoms with E-state index in [0.717, 1.165) is 25.7 Å². The number of carbonyl (C=O) groups is 2. The van der Waals surface area contributed by atoms with Gasteiger partial charge < -0.3 is 9.47 Å². The van der Waals surface area contributed by atoms with Gasteiger partial charge in [0, 0.05) is 11.6 Å². The van der Waals surface area contributed by atoms with Crippen molar-refractivity contribution in [2.24, 2.45) is 0 Å². The number of hydrogen-bond donors (Lipinski definition) is 0. The third-order valence-electron chi connectivity index (χ3n) is 2.96. The molecule has 4 nitrogen and oxygen atoms in total. The Bertz CT molecular complexity index is 391. The molecule has 100 valence electrons. The number of ether oxygens (including phenoxy) is 2. The van der Waals surface area contributed by atoms with Crippen LogP contribution >= 0.6 is 0 Å². The Labute approximate surface area is 108 Å². The van der Waals surface area contributed by atoms with E-state index in [2.05, 4.69) is 6.92 Å². The van der Waals surface area contributed by atoms with Gasteiger partial charge in [-0.25, -0.2) is 0 Å². The topological polar surface area (TPSA) is 52.6 Å². The summed E-state index contributed by atoms with van der Waals surface area (Å²) in [5, 5.41) is 0. The molecule has 18 heavy (non-hydrogen) atoms. The van der Waals surface area contributed by atoms with Gasteiger partial charge in [0.15, 0.2) is 11.5 Å². The van der Waals surface area contributed by atoms with Crippen LogP contribution in [0.4, 0.5) is 0 Å². The average molecular weight is 252 g/mol. The van der Waals surface area contributed by atoms with Crippen LogP contribution in [0.15, 0.2) is 23.2 Å². The summed E-state index contributed by atoms with van der Waals surface area (Å²) < 4.78 is 9.97. The standard InChI is InChI=1S/C14H20O4/c1-4-5-6-7-8-10-13(16)12(17-2)9-11(15)14(10)18-3/h9H,4-8H2,1-3H3. The van der Waals surface area contributed by atoms with Gasteiger partial charge in [-0.2, -0.15) is 0 Å². The number of ketones is 2. The fourth-order valence-electron chi connectivity index (χ4n) is 1.98. The highest BCUT2D eigenvalue weighted by Crippen LogP contribution is 2.24. The fourth-order valence-corrected chi connectivity index (χ4v) is 1.98. The summed E-state index contributed by atoms with van der Waals surface area (Å²) in [6.45, 7) is 2.13. The van der Waals surface area contributed by atoms with Crippen molar-refractivity contribution in [3.63, 3.8) is 0 Å². The first-order chi connectivity index (χ1) is 8.65. The van der Waals surface area contributed by atoms with E-state index in [1.54, 1.807) is 0 Å². The summed E-state index contributed by atoms with van der Waals surface area (Å²) >= 11 is 0. The Morgan fingerprint density at radius 3 is 2.33 bits per heavy atom. The normalized spacial score (nSPS) is 15.8. The molecule has 0 amide bonds. The molecule has 1 aliphatic rings. The molecule has 4 heteroatoms. The molecule has 0 heterocycles. The molecule has 0 bridgehead atoms. The number of allylic oxidation sites excluding steroid dienone is 2. The van der Waals surface area contributed by atoms with Gasteiger partial charge in [-0.3, -0.25) is 9.59 Å². The second kappa shape index (κ2) is 6.99. The van der Waals surface area contributed by atoms with Crippen LogP contribution < -0.4 is 0 Å². The van der Waals surface area contributed by atoms with E-state index >= 15 is 0 Å². The largest absolute Gasteiger partial charge is 0.493 e. The van der Waals surface area contributed by atoms with Crippen LogP contribution in [0, 0.1) is 0 Å². The molecule has 0 aromatic rings. The van der Waals surface area contributed by atoms with Crippen LogP contribution in [-0.2, 0) is 19.1 Å². The van der Waals surface area contributed by atoms with Crippen molar-refractivity contribution >= 4 is 11.6 Å². The molecule has 0 aliphatic heterocycles. The zero-order valence-electron chi connectivity index (χ0n) is 11.2. The highest BCUT2D eigenvalue weighted by atomic mass is 16.5. The summed E-state index contributed by atoms with van der Waals surface area (Å²) in [6.07, 6.45) is 5.94. The number of carbonyl (C=O) groups excluding carboxylic acids is 2. The smallest absolute Gasteiger partial charge is 0.227 e. The highest BCUT2D eigenvalue weighted by Gasteiger charge is 2.29. The minimum atomic E-state index is -0.292. The fraction of sp³-hybridized carbons (Fsp3) is 0.571. The highest BCUT2D eigenvalue weighted by molar-refractivity contribution is 6.21. The first-order valence-corrected chi connectivity index (χ1v) is 6.27. The molecule has 0 aromatic carbocycles. The van der Waals surface area contributed by atoms with E-state index in [-0.39, 0.29) is 23.1 Å². The molecular weight excluding hydrogens is 232 g/mol. The lowest BCUT2D eigenvalue weighted by Gasteiger charge is -2.17. The van der Waals surface area contributed by atoms with E-state index in [1.807, 2.05) is 0 Å². The molecule has 0 fully saturated rings. The van der Waals surface area contributed by atoms with E-state index < -0.39 is 0 Å². The zero-order valence-corrected chi connectivity index (χ0v) is 11.2. The summed E-state index contributed by atoms with van der Waals surface area (Å²) in [5.74, 6) is -0.256. The molecule has 0 aromatic heterocycles. The van der Waals surface area contributed by atoms with Crippen LogP contribution in [0.25, 0.3) is 0 Å². The van der Waals surface area contributed by atoms with Gasteiger partial charge in [0.1, 0.15) is 0 Å². The molecule has 0 saturated heterocycles.